The van der Waals surface area contributed by atoms with E-state index in [1.165, 1.54) is 6.92 Å². The first-order chi connectivity index (χ1) is 6.44. The van der Waals surface area contributed by atoms with Crippen LogP contribution in [0.4, 0.5) is 0 Å². The molecule has 0 aromatic rings. The molecule has 1 unspecified atom stereocenters. The average Bonchev–Trinajstić information content (AvgIpc) is 2.11. The van der Waals surface area contributed by atoms with Gasteiger partial charge in [0.15, 0.2) is 5.60 Å². The van der Waals surface area contributed by atoms with Gasteiger partial charge in [0.05, 0.1) is 6.61 Å². The SMILES string of the molecule is CCN(CCOC)CC(C)(O)C(=O)O. The van der Waals surface area contributed by atoms with E-state index in [2.05, 4.69) is 0 Å². The van der Waals surface area contributed by atoms with Gasteiger partial charge in [-0.25, -0.2) is 4.79 Å². The molecule has 14 heavy (non-hydrogen) atoms. The molecular formula is C9H19NO4. The maximum Gasteiger partial charge on any atom is 0.336 e. The standard InChI is InChI=1S/C9H19NO4/c1-4-10(5-6-14-3)7-9(2,13)8(11)12/h13H,4-7H2,1-3H3,(H,11,12). The summed E-state index contributed by atoms with van der Waals surface area (Å²) >= 11 is 0. The van der Waals surface area contributed by atoms with Crippen molar-refractivity contribution in [2.45, 2.75) is 19.4 Å². The molecule has 0 spiro atoms. The highest BCUT2D eigenvalue weighted by molar-refractivity contribution is 5.76. The monoisotopic (exact) mass is 205 g/mol. The summed E-state index contributed by atoms with van der Waals surface area (Å²) in [4.78, 5) is 12.5. The average molecular weight is 205 g/mol. The van der Waals surface area contributed by atoms with E-state index in [1.54, 1.807) is 7.11 Å². The molecule has 0 saturated carbocycles. The van der Waals surface area contributed by atoms with Crippen molar-refractivity contribution in [1.82, 2.24) is 4.90 Å². The number of carboxylic acids is 1. The van der Waals surface area contributed by atoms with Gasteiger partial charge in [-0.2, -0.15) is 0 Å². The van der Waals surface area contributed by atoms with Crippen molar-refractivity contribution in [2.24, 2.45) is 0 Å². The van der Waals surface area contributed by atoms with Gasteiger partial charge in [0.25, 0.3) is 0 Å². The molecule has 1 atom stereocenters. The highest BCUT2D eigenvalue weighted by atomic mass is 16.5. The van der Waals surface area contributed by atoms with Crippen molar-refractivity contribution in [2.75, 3.05) is 33.4 Å². The second-order valence-corrected chi connectivity index (χ2v) is 3.44. The minimum atomic E-state index is -1.69. The summed E-state index contributed by atoms with van der Waals surface area (Å²) in [6.07, 6.45) is 0. The van der Waals surface area contributed by atoms with E-state index in [-0.39, 0.29) is 6.54 Å². The molecule has 0 aliphatic carbocycles. The lowest BCUT2D eigenvalue weighted by atomic mass is 10.1. The second kappa shape index (κ2) is 5.95. The lowest BCUT2D eigenvalue weighted by Crippen LogP contribution is -2.47. The molecule has 5 heteroatoms. The number of nitrogens with zero attached hydrogens (tertiary/aromatic N) is 1. The quantitative estimate of drug-likeness (QED) is 0.602. The number of methoxy groups -OCH3 is 1. The molecule has 0 aliphatic rings. The predicted octanol–water partition coefficient (Wildman–Crippen LogP) is -0.210. The molecule has 0 fully saturated rings. The van der Waals surface area contributed by atoms with Crippen molar-refractivity contribution >= 4 is 5.97 Å². The fourth-order valence-corrected chi connectivity index (χ4v) is 1.07. The van der Waals surface area contributed by atoms with Crippen molar-refractivity contribution in [3.8, 4) is 0 Å². The third-order valence-corrected chi connectivity index (χ3v) is 2.05. The van der Waals surface area contributed by atoms with Crippen LogP contribution in [0, 0.1) is 0 Å². The smallest absolute Gasteiger partial charge is 0.336 e. The molecule has 0 amide bonds. The van der Waals surface area contributed by atoms with E-state index >= 15 is 0 Å². The zero-order valence-corrected chi connectivity index (χ0v) is 8.99. The van der Waals surface area contributed by atoms with Crippen LogP contribution in [-0.2, 0) is 9.53 Å². The van der Waals surface area contributed by atoms with E-state index in [4.69, 9.17) is 9.84 Å². The Bertz CT molecular complexity index is 182. The highest BCUT2D eigenvalue weighted by Crippen LogP contribution is 2.06. The Balaban J connectivity index is 4.09. The molecular weight excluding hydrogens is 186 g/mol. The first kappa shape index (κ1) is 13.4. The van der Waals surface area contributed by atoms with Crippen LogP contribution >= 0.6 is 0 Å². The summed E-state index contributed by atoms with van der Waals surface area (Å²) < 4.78 is 4.88. The van der Waals surface area contributed by atoms with E-state index < -0.39 is 11.6 Å². The maximum absolute atomic E-state index is 10.6. The van der Waals surface area contributed by atoms with Gasteiger partial charge in [-0.3, -0.25) is 4.90 Å². The molecule has 0 aromatic carbocycles. The molecule has 0 bridgehead atoms. The summed E-state index contributed by atoms with van der Waals surface area (Å²) in [5.41, 5.74) is -1.69. The Morgan fingerprint density at radius 1 is 1.57 bits per heavy atom. The molecule has 0 aromatic heterocycles. The molecule has 5 nitrogen and oxygen atoms in total. The van der Waals surface area contributed by atoms with Crippen molar-refractivity contribution < 1.29 is 19.7 Å². The second-order valence-electron chi connectivity index (χ2n) is 3.44. The minimum absolute atomic E-state index is 0.113. The van der Waals surface area contributed by atoms with Crippen LogP contribution in [0.2, 0.25) is 0 Å². The van der Waals surface area contributed by atoms with Gasteiger partial charge in [0.1, 0.15) is 0 Å². The summed E-state index contributed by atoms with van der Waals surface area (Å²) in [5, 5.41) is 18.2. The Morgan fingerprint density at radius 3 is 2.50 bits per heavy atom. The number of carboxylic acid groups (broad SMARTS) is 1. The normalized spacial score (nSPS) is 15.5. The number of hydrogen-bond acceptors (Lipinski definition) is 4. The summed E-state index contributed by atoms with van der Waals surface area (Å²) in [6, 6.07) is 0. The lowest BCUT2D eigenvalue weighted by Gasteiger charge is -2.27. The van der Waals surface area contributed by atoms with Gasteiger partial charge < -0.3 is 14.9 Å². The Morgan fingerprint density at radius 2 is 2.14 bits per heavy atom. The molecule has 0 saturated heterocycles. The molecule has 84 valence electrons. The van der Waals surface area contributed by atoms with Crippen LogP contribution in [0.1, 0.15) is 13.8 Å². The molecule has 2 N–H and O–H groups in total. The molecule has 0 radical (unpaired) electrons. The van der Waals surface area contributed by atoms with Crippen LogP contribution in [0.3, 0.4) is 0 Å². The Hall–Kier alpha value is -0.650. The zero-order valence-electron chi connectivity index (χ0n) is 8.99. The Labute approximate surface area is 84.3 Å². The minimum Gasteiger partial charge on any atom is -0.479 e. The number of carbonyl (C=O) groups is 1. The van der Waals surface area contributed by atoms with E-state index in [1.807, 2.05) is 11.8 Å². The number of hydrogen-bond donors (Lipinski definition) is 2. The zero-order chi connectivity index (χ0) is 11.2. The van der Waals surface area contributed by atoms with Crippen LogP contribution in [-0.4, -0.2) is 60.0 Å². The maximum atomic E-state index is 10.6. The first-order valence-corrected chi connectivity index (χ1v) is 4.61. The number of aliphatic carboxylic acids is 1. The van der Waals surface area contributed by atoms with Crippen molar-refractivity contribution in [3.05, 3.63) is 0 Å². The fourth-order valence-electron chi connectivity index (χ4n) is 1.07. The predicted molar refractivity (Wildman–Crippen MR) is 52.2 cm³/mol. The van der Waals surface area contributed by atoms with E-state index in [9.17, 15) is 9.90 Å². The third-order valence-electron chi connectivity index (χ3n) is 2.05. The number of aliphatic hydroxyl groups is 1. The largest absolute Gasteiger partial charge is 0.479 e. The summed E-state index contributed by atoms with van der Waals surface area (Å²) in [5.74, 6) is -1.20. The van der Waals surface area contributed by atoms with Crippen LogP contribution in [0.5, 0.6) is 0 Å². The highest BCUT2D eigenvalue weighted by Gasteiger charge is 2.31. The number of rotatable bonds is 7. The van der Waals surface area contributed by atoms with Gasteiger partial charge in [-0.15, -0.1) is 0 Å². The van der Waals surface area contributed by atoms with Crippen molar-refractivity contribution in [1.29, 1.82) is 0 Å². The van der Waals surface area contributed by atoms with E-state index in [0.29, 0.717) is 19.7 Å². The van der Waals surface area contributed by atoms with Crippen molar-refractivity contribution in [3.63, 3.8) is 0 Å². The molecule has 0 aliphatic heterocycles. The van der Waals surface area contributed by atoms with E-state index in [0.717, 1.165) is 0 Å². The molecule has 0 rings (SSSR count). The fraction of sp³-hybridized carbons (Fsp3) is 0.889. The lowest BCUT2D eigenvalue weighted by molar-refractivity contribution is -0.158. The van der Waals surface area contributed by atoms with Gasteiger partial charge in [0.2, 0.25) is 0 Å². The van der Waals surface area contributed by atoms with Crippen LogP contribution in [0.15, 0.2) is 0 Å². The van der Waals surface area contributed by atoms with Crippen LogP contribution in [0.25, 0.3) is 0 Å². The van der Waals surface area contributed by atoms with Gasteiger partial charge in [0, 0.05) is 20.2 Å². The molecule has 0 heterocycles. The number of likely N-dealkylation sites (N-methyl/N-ethyl adjacent to an activating group) is 1. The topological polar surface area (TPSA) is 70.0 Å². The van der Waals surface area contributed by atoms with Crippen LogP contribution < -0.4 is 0 Å². The van der Waals surface area contributed by atoms with Gasteiger partial charge >= 0.3 is 5.97 Å². The summed E-state index contributed by atoms with van der Waals surface area (Å²) in [6.45, 7) is 5.16. The summed E-state index contributed by atoms with van der Waals surface area (Å²) in [7, 11) is 1.59. The van der Waals surface area contributed by atoms with Gasteiger partial charge in [-0.05, 0) is 13.5 Å². The third kappa shape index (κ3) is 4.55. The first-order valence-electron chi connectivity index (χ1n) is 4.61. The number of ether oxygens (including phenoxy) is 1. The van der Waals surface area contributed by atoms with Gasteiger partial charge in [-0.1, -0.05) is 6.92 Å². The Kier molecular flexibility index (Phi) is 5.68.